The first kappa shape index (κ1) is 23.4. The number of amides is 1. The Kier molecular flexibility index (Phi) is 6.57. The molecule has 13 heteroatoms. The van der Waals surface area contributed by atoms with Crippen LogP contribution in [0, 0.1) is 0 Å². The Hall–Kier alpha value is -1.83. The molecule has 0 spiro atoms. The summed E-state index contributed by atoms with van der Waals surface area (Å²) in [6.45, 7) is 1.24. The minimum atomic E-state index is -6.34. The standard InChI is InChI=1S/C16H18F5NO6S/c1-14(27-8-5-9-28-14)10-12(15(17,18)19)22(11-6-3-2-4-7-11)13(23)16(20,21)29(24,25)26/h2-4,6-7,12H,5,8-10H2,1H3,(H,24,25,26). The largest absolute Gasteiger partial charge is 0.447 e. The first-order valence-electron chi connectivity index (χ1n) is 8.27. The normalized spacial score (nSPS) is 18.9. The number of benzene rings is 1. The van der Waals surface area contributed by atoms with E-state index in [1.165, 1.54) is 18.2 Å². The van der Waals surface area contributed by atoms with Gasteiger partial charge in [-0.15, -0.1) is 0 Å². The van der Waals surface area contributed by atoms with Crippen LogP contribution in [0.5, 0.6) is 0 Å². The van der Waals surface area contributed by atoms with Crippen molar-refractivity contribution in [2.45, 2.75) is 43.0 Å². The Balaban J connectivity index is 2.58. The number of hydrogen-bond donors (Lipinski definition) is 1. The van der Waals surface area contributed by atoms with Gasteiger partial charge in [-0.25, -0.2) is 0 Å². The van der Waals surface area contributed by atoms with E-state index in [2.05, 4.69) is 0 Å². The highest BCUT2D eigenvalue weighted by Crippen LogP contribution is 2.39. The van der Waals surface area contributed by atoms with Gasteiger partial charge in [-0.05, 0) is 25.5 Å². The van der Waals surface area contributed by atoms with Crippen molar-refractivity contribution in [3.8, 4) is 0 Å². The highest BCUT2D eigenvalue weighted by molar-refractivity contribution is 7.87. The van der Waals surface area contributed by atoms with E-state index in [9.17, 15) is 35.2 Å². The van der Waals surface area contributed by atoms with Gasteiger partial charge >= 0.3 is 27.5 Å². The van der Waals surface area contributed by atoms with Crippen LogP contribution < -0.4 is 4.90 Å². The van der Waals surface area contributed by atoms with Gasteiger partial charge < -0.3 is 9.47 Å². The first-order valence-corrected chi connectivity index (χ1v) is 9.71. The van der Waals surface area contributed by atoms with Crippen molar-refractivity contribution < 1.29 is 49.2 Å². The molecule has 29 heavy (non-hydrogen) atoms. The van der Waals surface area contributed by atoms with Crippen molar-refractivity contribution in [3.63, 3.8) is 0 Å². The summed E-state index contributed by atoms with van der Waals surface area (Å²) in [5.41, 5.74) is -0.650. The molecule has 1 unspecified atom stereocenters. The van der Waals surface area contributed by atoms with E-state index in [-0.39, 0.29) is 13.2 Å². The second kappa shape index (κ2) is 8.13. The molecule has 1 fully saturated rings. The van der Waals surface area contributed by atoms with Crippen LogP contribution in [-0.4, -0.2) is 55.4 Å². The van der Waals surface area contributed by atoms with E-state index in [1.54, 1.807) is 0 Å². The van der Waals surface area contributed by atoms with E-state index in [0.717, 1.165) is 19.1 Å². The predicted molar refractivity (Wildman–Crippen MR) is 89.8 cm³/mol. The zero-order valence-electron chi connectivity index (χ0n) is 15.0. The van der Waals surface area contributed by atoms with Crippen molar-refractivity contribution in [2.75, 3.05) is 18.1 Å². The van der Waals surface area contributed by atoms with Gasteiger partial charge in [0.05, 0.1) is 13.2 Å². The molecule has 1 aromatic carbocycles. The third kappa shape index (κ3) is 5.21. The summed E-state index contributed by atoms with van der Waals surface area (Å²) in [6, 6.07) is 2.59. The molecular weight excluding hydrogens is 429 g/mol. The summed E-state index contributed by atoms with van der Waals surface area (Å²) in [5, 5.41) is -5.51. The van der Waals surface area contributed by atoms with Crippen LogP contribution in [0.25, 0.3) is 0 Å². The maximum atomic E-state index is 14.0. The fourth-order valence-electron chi connectivity index (χ4n) is 2.78. The molecule has 1 heterocycles. The molecule has 0 saturated carbocycles. The number of anilines is 1. The van der Waals surface area contributed by atoms with Gasteiger partial charge in [0.15, 0.2) is 5.79 Å². The molecule has 164 valence electrons. The third-order valence-electron chi connectivity index (χ3n) is 4.18. The molecule has 0 aromatic heterocycles. The zero-order valence-corrected chi connectivity index (χ0v) is 15.8. The number of ether oxygens (including phenoxy) is 2. The number of carbonyl (C=O) groups excluding carboxylic acids is 1. The van der Waals surface area contributed by atoms with Crippen molar-refractivity contribution in [3.05, 3.63) is 30.3 Å². The van der Waals surface area contributed by atoms with Crippen LogP contribution in [0.1, 0.15) is 19.8 Å². The minimum Gasteiger partial charge on any atom is -0.350 e. The summed E-state index contributed by atoms with van der Waals surface area (Å²) in [6.07, 6.45) is -5.99. The molecule has 1 aromatic rings. The van der Waals surface area contributed by atoms with Crippen molar-refractivity contribution in [1.82, 2.24) is 0 Å². The van der Waals surface area contributed by atoms with Gasteiger partial charge in [-0.2, -0.15) is 30.4 Å². The highest BCUT2D eigenvalue weighted by atomic mass is 32.2. The Bertz CT molecular complexity index is 824. The van der Waals surface area contributed by atoms with Crippen LogP contribution in [0.3, 0.4) is 0 Å². The Morgan fingerprint density at radius 3 is 2.14 bits per heavy atom. The van der Waals surface area contributed by atoms with Crippen LogP contribution in [-0.2, 0) is 24.4 Å². The van der Waals surface area contributed by atoms with Gasteiger partial charge in [-0.3, -0.25) is 14.2 Å². The van der Waals surface area contributed by atoms with E-state index >= 15 is 0 Å². The maximum absolute atomic E-state index is 14.0. The lowest BCUT2D eigenvalue weighted by atomic mass is 10.0. The third-order valence-corrected chi connectivity index (χ3v) is 5.01. The molecule has 1 aliphatic rings. The number of halogens is 5. The molecule has 0 bridgehead atoms. The van der Waals surface area contributed by atoms with Crippen molar-refractivity contribution in [2.24, 2.45) is 0 Å². The van der Waals surface area contributed by atoms with Gasteiger partial charge in [0, 0.05) is 12.1 Å². The number of rotatable bonds is 6. The Morgan fingerprint density at radius 1 is 1.17 bits per heavy atom. The fraction of sp³-hybridized carbons (Fsp3) is 0.562. The lowest BCUT2D eigenvalue weighted by molar-refractivity contribution is -0.273. The summed E-state index contributed by atoms with van der Waals surface area (Å²) in [4.78, 5) is 11.9. The molecule has 7 nitrogen and oxygen atoms in total. The van der Waals surface area contributed by atoms with E-state index in [4.69, 9.17) is 14.0 Å². The number of para-hydroxylation sites is 1. The SMILES string of the molecule is CC1(CC(N(C(=O)C(F)(F)S(=O)(=O)O)c2ccccc2)C(F)(F)F)OCCCO1. The summed E-state index contributed by atoms with van der Waals surface area (Å²) in [5.74, 6) is -4.62. The number of carbonyl (C=O) groups is 1. The molecule has 0 radical (unpaired) electrons. The van der Waals surface area contributed by atoms with Crippen LogP contribution in [0.15, 0.2) is 30.3 Å². The second-order valence-electron chi connectivity index (χ2n) is 6.45. The monoisotopic (exact) mass is 447 g/mol. The smallest absolute Gasteiger partial charge is 0.350 e. The van der Waals surface area contributed by atoms with Gasteiger partial charge in [0.2, 0.25) is 0 Å². The number of alkyl halides is 5. The van der Waals surface area contributed by atoms with Gasteiger partial charge in [0.1, 0.15) is 6.04 Å². The molecule has 1 amide bonds. The number of hydrogen-bond acceptors (Lipinski definition) is 5. The van der Waals surface area contributed by atoms with E-state index in [1.807, 2.05) is 0 Å². The summed E-state index contributed by atoms with van der Waals surface area (Å²) >= 11 is 0. The highest BCUT2D eigenvalue weighted by Gasteiger charge is 2.60. The average molecular weight is 447 g/mol. The molecule has 1 saturated heterocycles. The first-order chi connectivity index (χ1) is 13.2. The fourth-order valence-corrected chi connectivity index (χ4v) is 3.10. The molecule has 1 atom stereocenters. The van der Waals surface area contributed by atoms with E-state index in [0.29, 0.717) is 6.42 Å². The zero-order chi connectivity index (χ0) is 22.1. The lowest BCUT2D eigenvalue weighted by Gasteiger charge is -2.41. The van der Waals surface area contributed by atoms with Crippen molar-refractivity contribution in [1.29, 1.82) is 0 Å². The van der Waals surface area contributed by atoms with Gasteiger partial charge in [-0.1, -0.05) is 18.2 Å². The lowest BCUT2D eigenvalue weighted by Crippen LogP contribution is -2.59. The quantitative estimate of drug-likeness (QED) is 0.533. The average Bonchev–Trinajstić information content (AvgIpc) is 2.60. The van der Waals surface area contributed by atoms with Crippen LogP contribution >= 0.6 is 0 Å². The molecule has 1 N–H and O–H groups in total. The molecule has 2 rings (SSSR count). The predicted octanol–water partition coefficient (Wildman–Crippen LogP) is 2.97. The molecule has 1 aliphatic heterocycles. The number of nitrogens with zero attached hydrogens (tertiary/aromatic N) is 1. The van der Waals surface area contributed by atoms with Crippen LogP contribution in [0.2, 0.25) is 0 Å². The Morgan fingerprint density at radius 2 is 1.69 bits per heavy atom. The van der Waals surface area contributed by atoms with Crippen molar-refractivity contribution >= 4 is 21.7 Å². The minimum absolute atomic E-state index is 0.0432. The second-order valence-corrected chi connectivity index (χ2v) is 7.91. The molecule has 0 aliphatic carbocycles. The van der Waals surface area contributed by atoms with Crippen LogP contribution in [0.4, 0.5) is 27.6 Å². The summed E-state index contributed by atoms with van der Waals surface area (Å²) < 4.78 is 111. The Labute approximate surface area is 163 Å². The maximum Gasteiger partial charge on any atom is 0.447 e. The van der Waals surface area contributed by atoms with Gasteiger partial charge in [0.25, 0.3) is 0 Å². The van der Waals surface area contributed by atoms with E-state index < -0.39 is 56.3 Å². The summed E-state index contributed by atoms with van der Waals surface area (Å²) in [7, 11) is -6.34. The topological polar surface area (TPSA) is 93.1 Å². The molecular formula is C16H18F5NO6S.